The van der Waals surface area contributed by atoms with Crippen LogP contribution in [0.5, 0.6) is 5.75 Å². The number of hydrogen-bond donors (Lipinski definition) is 1. The maximum absolute atomic E-state index is 5.68. The van der Waals surface area contributed by atoms with E-state index in [-0.39, 0.29) is 0 Å². The summed E-state index contributed by atoms with van der Waals surface area (Å²) >= 11 is 0. The van der Waals surface area contributed by atoms with Crippen LogP contribution in [-0.4, -0.2) is 16.1 Å². The fraction of sp³-hybridized carbons (Fsp3) is 0.231. The van der Waals surface area contributed by atoms with Crippen molar-refractivity contribution in [3.8, 4) is 17.0 Å². The SMILES string of the molecule is Nc1cnc(-c2ccc(OC3CC3)cc2)cn1. The van der Waals surface area contributed by atoms with Gasteiger partial charge < -0.3 is 10.5 Å². The van der Waals surface area contributed by atoms with Crippen molar-refractivity contribution in [2.75, 3.05) is 5.73 Å². The molecule has 2 N–H and O–H groups in total. The van der Waals surface area contributed by atoms with Gasteiger partial charge in [-0.1, -0.05) is 0 Å². The number of nitrogens with two attached hydrogens (primary N) is 1. The van der Waals surface area contributed by atoms with Crippen LogP contribution in [0.1, 0.15) is 12.8 Å². The molecule has 0 aliphatic heterocycles. The number of anilines is 1. The average Bonchev–Trinajstić information content (AvgIpc) is 3.15. The lowest BCUT2D eigenvalue weighted by molar-refractivity contribution is 0.303. The molecule has 2 aromatic rings. The Morgan fingerprint density at radius 3 is 2.41 bits per heavy atom. The van der Waals surface area contributed by atoms with E-state index in [1.807, 2.05) is 24.3 Å². The molecule has 4 heteroatoms. The van der Waals surface area contributed by atoms with E-state index in [0.29, 0.717) is 11.9 Å². The molecule has 0 saturated heterocycles. The maximum Gasteiger partial charge on any atom is 0.141 e. The monoisotopic (exact) mass is 227 g/mol. The molecule has 1 fully saturated rings. The van der Waals surface area contributed by atoms with Gasteiger partial charge in [0, 0.05) is 5.56 Å². The van der Waals surface area contributed by atoms with Gasteiger partial charge in [0.05, 0.1) is 24.2 Å². The Labute approximate surface area is 99.5 Å². The lowest BCUT2D eigenvalue weighted by Crippen LogP contribution is -1.95. The molecular weight excluding hydrogens is 214 g/mol. The summed E-state index contributed by atoms with van der Waals surface area (Å²) in [4.78, 5) is 8.24. The van der Waals surface area contributed by atoms with Gasteiger partial charge in [-0.3, -0.25) is 4.98 Å². The van der Waals surface area contributed by atoms with Gasteiger partial charge in [0.1, 0.15) is 11.6 Å². The highest BCUT2D eigenvalue weighted by Crippen LogP contribution is 2.28. The zero-order valence-corrected chi connectivity index (χ0v) is 9.34. The highest BCUT2D eigenvalue weighted by atomic mass is 16.5. The molecule has 1 aliphatic rings. The largest absolute Gasteiger partial charge is 0.490 e. The lowest BCUT2D eigenvalue weighted by atomic mass is 10.1. The second kappa shape index (κ2) is 4.05. The van der Waals surface area contributed by atoms with Crippen molar-refractivity contribution >= 4 is 5.82 Å². The number of rotatable bonds is 3. The molecule has 1 heterocycles. The zero-order valence-electron chi connectivity index (χ0n) is 9.34. The predicted molar refractivity (Wildman–Crippen MR) is 65.5 cm³/mol. The van der Waals surface area contributed by atoms with Gasteiger partial charge in [0.25, 0.3) is 0 Å². The van der Waals surface area contributed by atoms with E-state index < -0.39 is 0 Å². The minimum Gasteiger partial charge on any atom is -0.490 e. The summed E-state index contributed by atoms with van der Waals surface area (Å²) in [5, 5.41) is 0. The van der Waals surface area contributed by atoms with Crippen LogP contribution >= 0.6 is 0 Å². The molecule has 0 bridgehead atoms. The quantitative estimate of drug-likeness (QED) is 0.873. The van der Waals surface area contributed by atoms with E-state index in [1.54, 1.807) is 12.4 Å². The molecule has 0 amide bonds. The molecule has 17 heavy (non-hydrogen) atoms. The molecule has 86 valence electrons. The maximum atomic E-state index is 5.68. The number of aromatic nitrogens is 2. The summed E-state index contributed by atoms with van der Waals surface area (Å²) in [7, 11) is 0. The van der Waals surface area contributed by atoms with Crippen molar-refractivity contribution in [2.45, 2.75) is 18.9 Å². The molecule has 0 atom stereocenters. The average molecular weight is 227 g/mol. The Kier molecular flexibility index (Phi) is 2.40. The minimum absolute atomic E-state index is 0.428. The van der Waals surface area contributed by atoms with Crippen molar-refractivity contribution in [3.05, 3.63) is 36.7 Å². The standard InChI is InChI=1S/C13H13N3O/c14-13-8-15-12(7-16-13)9-1-3-10(4-2-9)17-11-5-6-11/h1-4,7-8,11H,5-6H2,(H2,14,16). The van der Waals surface area contributed by atoms with Crippen molar-refractivity contribution in [1.29, 1.82) is 0 Å². The number of hydrogen-bond acceptors (Lipinski definition) is 4. The van der Waals surface area contributed by atoms with Crippen LogP contribution in [0.15, 0.2) is 36.7 Å². The Morgan fingerprint density at radius 1 is 1.06 bits per heavy atom. The second-order valence-corrected chi connectivity index (χ2v) is 4.17. The molecule has 4 nitrogen and oxygen atoms in total. The molecule has 0 spiro atoms. The van der Waals surface area contributed by atoms with Crippen LogP contribution in [0, 0.1) is 0 Å². The first-order valence-corrected chi connectivity index (χ1v) is 5.66. The molecule has 1 aromatic carbocycles. The molecule has 1 aliphatic carbocycles. The summed E-state index contributed by atoms with van der Waals surface area (Å²) in [5.41, 5.74) is 7.33. The third-order valence-corrected chi connectivity index (χ3v) is 2.65. The highest BCUT2D eigenvalue weighted by molar-refractivity contribution is 5.59. The van der Waals surface area contributed by atoms with Crippen LogP contribution in [0.25, 0.3) is 11.3 Å². The summed E-state index contributed by atoms with van der Waals surface area (Å²) in [6, 6.07) is 7.90. The van der Waals surface area contributed by atoms with Crippen molar-refractivity contribution < 1.29 is 4.74 Å². The predicted octanol–water partition coefficient (Wildman–Crippen LogP) is 2.27. The van der Waals surface area contributed by atoms with E-state index in [9.17, 15) is 0 Å². The Hall–Kier alpha value is -2.10. The molecular formula is C13H13N3O. The Morgan fingerprint density at radius 2 is 1.82 bits per heavy atom. The first-order valence-electron chi connectivity index (χ1n) is 5.66. The topological polar surface area (TPSA) is 61.0 Å². The van der Waals surface area contributed by atoms with Gasteiger partial charge in [-0.25, -0.2) is 4.98 Å². The molecule has 3 rings (SSSR count). The lowest BCUT2D eigenvalue weighted by Gasteiger charge is -2.05. The van der Waals surface area contributed by atoms with Gasteiger partial charge in [-0.15, -0.1) is 0 Å². The van der Waals surface area contributed by atoms with Crippen LogP contribution in [-0.2, 0) is 0 Å². The van der Waals surface area contributed by atoms with Gasteiger partial charge >= 0.3 is 0 Å². The van der Waals surface area contributed by atoms with E-state index in [0.717, 1.165) is 17.0 Å². The van der Waals surface area contributed by atoms with Gasteiger partial charge in [0.15, 0.2) is 0 Å². The van der Waals surface area contributed by atoms with Crippen LogP contribution in [0.2, 0.25) is 0 Å². The second-order valence-electron chi connectivity index (χ2n) is 4.17. The Bertz CT molecular complexity index is 503. The summed E-state index contributed by atoms with van der Waals surface area (Å²) in [5.74, 6) is 1.35. The third kappa shape index (κ3) is 2.36. The normalized spacial score (nSPS) is 14.6. The number of ether oxygens (including phenoxy) is 1. The van der Waals surface area contributed by atoms with E-state index in [1.165, 1.54) is 12.8 Å². The smallest absolute Gasteiger partial charge is 0.141 e. The minimum atomic E-state index is 0.428. The van der Waals surface area contributed by atoms with Crippen molar-refractivity contribution in [1.82, 2.24) is 9.97 Å². The summed E-state index contributed by atoms with van der Waals surface area (Å²) < 4.78 is 5.68. The summed E-state index contributed by atoms with van der Waals surface area (Å²) in [6.45, 7) is 0. The Balaban J connectivity index is 1.80. The zero-order chi connectivity index (χ0) is 11.7. The van der Waals surface area contributed by atoms with E-state index in [4.69, 9.17) is 10.5 Å². The van der Waals surface area contributed by atoms with Crippen LogP contribution < -0.4 is 10.5 Å². The van der Waals surface area contributed by atoms with Gasteiger partial charge in [-0.05, 0) is 37.1 Å². The first-order chi connectivity index (χ1) is 8.31. The van der Waals surface area contributed by atoms with Gasteiger partial charge in [0.2, 0.25) is 0 Å². The number of nitrogens with zero attached hydrogens (tertiary/aromatic N) is 2. The molecule has 1 saturated carbocycles. The van der Waals surface area contributed by atoms with Crippen LogP contribution in [0.3, 0.4) is 0 Å². The van der Waals surface area contributed by atoms with Crippen molar-refractivity contribution in [2.24, 2.45) is 0 Å². The number of nitrogen functional groups attached to an aromatic ring is 1. The fourth-order valence-electron chi connectivity index (χ4n) is 1.57. The highest BCUT2D eigenvalue weighted by Gasteiger charge is 2.23. The fourth-order valence-corrected chi connectivity index (χ4v) is 1.57. The molecule has 0 unspecified atom stereocenters. The van der Waals surface area contributed by atoms with E-state index in [2.05, 4.69) is 9.97 Å². The number of benzene rings is 1. The van der Waals surface area contributed by atoms with Gasteiger partial charge in [-0.2, -0.15) is 0 Å². The first kappa shape index (κ1) is 10.1. The molecule has 1 aromatic heterocycles. The van der Waals surface area contributed by atoms with Crippen LogP contribution in [0.4, 0.5) is 5.82 Å². The van der Waals surface area contributed by atoms with Crippen molar-refractivity contribution in [3.63, 3.8) is 0 Å². The van der Waals surface area contributed by atoms with E-state index >= 15 is 0 Å². The summed E-state index contributed by atoms with van der Waals surface area (Å²) in [6.07, 6.45) is 6.00. The third-order valence-electron chi connectivity index (χ3n) is 2.65. The molecule has 0 radical (unpaired) electrons.